The molecule has 0 heterocycles. The zero-order valence-corrected chi connectivity index (χ0v) is 10.4. The summed E-state index contributed by atoms with van der Waals surface area (Å²) in [5, 5.41) is 9.82. The topological polar surface area (TPSA) is 74.6 Å². The van der Waals surface area contributed by atoms with E-state index in [1.165, 1.54) is 12.1 Å². The van der Waals surface area contributed by atoms with Crippen LogP contribution in [0.3, 0.4) is 0 Å². The second-order valence-corrected chi connectivity index (χ2v) is 5.67. The van der Waals surface area contributed by atoms with Gasteiger partial charge in [0.05, 0.1) is 0 Å². The maximum atomic E-state index is 11.1. The van der Waals surface area contributed by atoms with Crippen LogP contribution in [0.5, 0.6) is 5.75 Å². The van der Waals surface area contributed by atoms with E-state index in [4.69, 9.17) is 4.55 Å². The van der Waals surface area contributed by atoms with Crippen molar-refractivity contribution in [1.29, 1.82) is 0 Å². The lowest BCUT2D eigenvalue weighted by molar-refractivity contribution is 0.448. The Morgan fingerprint density at radius 1 is 1.31 bits per heavy atom. The second kappa shape index (κ2) is 4.43. The van der Waals surface area contributed by atoms with Gasteiger partial charge >= 0.3 is 0 Å². The summed E-state index contributed by atoms with van der Waals surface area (Å²) in [5.41, 5.74) is 0.889. The van der Waals surface area contributed by atoms with Crippen LogP contribution >= 0.6 is 0 Å². The van der Waals surface area contributed by atoms with Gasteiger partial charge in [-0.1, -0.05) is 19.9 Å². The lowest BCUT2D eigenvalue weighted by Crippen LogP contribution is -2.06. The smallest absolute Gasteiger partial charge is 0.294 e. The summed E-state index contributed by atoms with van der Waals surface area (Å²) in [6, 6.07) is 2.80. The van der Waals surface area contributed by atoms with Gasteiger partial charge in [0.25, 0.3) is 10.1 Å². The number of rotatable bonds is 3. The molecule has 4 nitrogen and oxygen atoms in total. The maximum Gasteiger partial charge on any atom is 0.294 e. The highest BCUT2D eigenvalue weighted by atomic mass is 32.2. The minimum Gasteiger partial charge on any atom is -0.507 e. The van der Waals surface area contributed by atoms with Crippen LogP contribution in [0.25, 0.3) is 0 Å². The van der Waals surface area contributed by atoms with Crippen LogP contribution in [-0.4, -0.2) is 18.1 Å². The van der Waals surface area contributed by atoms with E-state index in [9.17, 15) is 13.5 Å². The molecule has 0 aliphatic heterocycles. The Morgan fingerprint density at radius 2 is 1.88 bits per heavy atom. The van der Waals surface area contributed by atoms with Crippen molar-refractivity contribution >= 4 is 10.1 Å². The molecule has 0 unspecified atom stereocenters. The molecule has 0 saturated carbocycles. The molecule has 0 radical (unpaired) electrons. The molecule has 0 fully saturated rings. The Bertz CT molecular complexity index is 489. The molecular formula is C11H16O4S. The standard InChI is InChI=1S/C11H16O4S/c1-7(2)6-9-10(16(13,14)15)5-4-8(3)11(9)12/h4-5,7,12H,6H2,1-3H3,(H,13,14,15). The third-order valence-electron chi connectivity index (χ3n) is 2.33. The molecular weight excluding hydrogens is 228 g/mol. The highest BCUT2D eigenvalue weighted by molar-refractivity contribution is 7.85. The van der Waals surface area contributed by atoms with Crippen molar-refractivity contribution in [3.8, 4) is 5.75 Å². The first-order chi connectivity index (χ1) is 7.23. The number of phenolic OH excluding ortho intramolecular Hbond substituents is 1. The molecule has 2 N–H and O–H groups in total. The van der Waals surface area contributed by atoms with E-state index in [-0.39, 0.29) is 22.1 Å². The SMILES string of the molecule is Cc1ccc(S(=O)(=O)O)c(CC(C)C)c1O. The molecule has 1 aromatic carbocycles. The van der Waals surface area contributed by atoms with Gasteiger partial charge in [-0.3, -0.25) is 4.55 Å². The summed E-state index contributed by atoms with van der Waals surface area (Å²) in [6.07, 6.45) is 0.405. The number of benzene rings is 1. The fourth-order valence-electron chi connectivity index (χ4n) is 1.58. The summed E-state index contributed by atoms with van der Waals surface area (Å²) in [7, 11) is -4.28. The van der Waals surface area contributed by atoms with Crippen molar-refractivity contribution < 1.29 is 18.1 Å². The number of phenols is 1. The number of aromatic hydroxyl groups is 1. The predicted octanol–water partition coefficient (Wildman–Crippen LogP) is 2.15. The lowest BCUT2D eigenvalue weighted by Gasteiger charge is -2.13. The van der Waals surface area contributed by atoms with Crippen LogP contribution in [0.1, 0.15) is 25.0 Å². The molecule has 90 valence electrons. The minimum absolute atomic E-state index is 0.0520. The van der Waals surface area contributed by atoms with E-state index in [0.29, 0.717) is 12.0 Å². The second-order valence-electron chi connectivity index (χ2n) is 4.28. The molecule has 0 bridgehead atoms. The fourth-order valence-corrected chi connectivity index (χ4v) is 2.31. The summed E-state index contributed by atoms with van der Waals surface area (Å²) < 4.78 is 31.3. The Labute approximate surface area is 95.7 Å². The summed E-state index contributed by atoms with van der Waals surface area (Å²) in [4.78, 5) is -0.204. The van der Waals surface area contributed by atoms with Gasteiger partial charge in [-0.25, -0.2) is 0 Å². The summed E-state index contributed by atoms with van der Waals surface area (Å²) >= 11 is 0. The van der Waals surface area contributed by atoms with Crippen molar-refractivity contribution in [3.63, 3.8) is 0 Å². The van der Waals surface area contributed by atoms with Crippen LogP contribution < -0.4 is 0 Å². The van der Waals surface area contributed by atoms with Gasteiger partial charge in [0.15, 0.2) is 0 Å². The fraction of sp³-hybridized carbons (Fsp3) is 0.455. The number of aryl methyl sites for hydroxylation is 1. The van der Waals surface area contributed by atoms with Gasteiger partial charge in [0, 0.05) is 5.56 Å². The van der Waals surface area contributed by atoms with E-state index in [1.807, 2.05) is 13.8 Å². The minimum atomic E-state index is -4.28. The molecule has 0 aliphatic carbocycles. The molecule has 0 aliphatic rings. The number of hydrogen-bond acceptors (Lipinski definition) is 3. The van der Waals surface area contributed by atoms with E-state index in [1.54, 1.807) is 6.92 Å². The van der Waals surface area contributed by atoms with Gasteiger partial charge in [-0.2, -0.15) is 8.42 Å². The summed E-state index contributed by atoms with van der Waals surface area (Å²) in [5.74, 6) is 0.136. The third-order valence-corrected chi connectivity index (χ3v) is 3.27. The molecule has 0 saturated heterocycles. The number of hydrogen-bond donors (Lipinski definition) is 2. The van der Waals surface area contributed by atoms with Crippen molar-refractivity contribution in [2.24, 2.45) is 5.92 Å². The molecule has 1 rings (SSSR count). The predicted molar refractivity (Wildman–Crippen MR) is 61.2 cm³/mol. The first-order valence-corrected chi connectivity index (χ1v) is 6.46. The molecule has 0 amide bonds. The quantitative estimate of drug-likeness (QED) is 0.799. The van der Waals surface area contributed by atoms with Crippen LogP contribution in [0.2, 0.25) is 0 Å². The van der Waals surface area contributed by atoms with Crippen molar-refractivity contribution in [3.05, 3.63) is 23.3 Å². The first-order valence-electron chi connectivity index (χ1n) is 5.02. The van der Waals surface area contributed by atoms with Crippen LogP contribution in [0.15, 0.2) is 17.0 Å². The zero-order chi connectivity index (χ0) is 12.5. The highest BCUT2D eigenvalue weighted by Crippen LogP contribution is 2.30. The van der Waals surface area contributed by atoms with Gasteiger partial charge < -0.3 is 5.11 Å². The van der Waals surface area contributed by atoms with Crippen LogP contribution in [0.4, 0.5) is 0 Å². The molecule has 16 heavy (non-hydrogen) atoms. The zero-order valence-electron chi connectivity index (χ0n) is 9.56. The van der Waals surface area contributed by atoms with Crippen LogP contribution in [0, 0.1) is 12.8 Å². The van der Waals surface area contributed by atoms with E-state index < -0.39 is 10.1 Å². The van der Waals surface area contributed by atoms with Gasteiger partial charge in [0.2, 0.25) is 0 Å². The van der Waals surface area contributed by atoms with E-state index in [0.717, 1.165) is 0 Å². The molecule has 0 atom stereocenters. The Morgan fingerprint density at radius 3 is 2.31 bits per heavy atom. The first kappa shape index (κ1) is 13.0. The molecule has 0 spiro atoms. The van der Waals surface area contributed by atoms with E-state index in [2.05, 4.69) is 0 Å². The van der Waals surface area contributed by atoms with Crippen LogP contribution in [-0.2, 0) is 16.5 Å². The molecule has 1 aromatic rings. The van der Waals surface area contributed by atoms with Gasteiger partial charge in [-0.15, -0.1) is 0 Å². The third kappa shape index (κ3) is 2.74. The normalized spacial score (nSPS) is 12.1. The average molecular weight is 244 g/mol. The largest absolute Gasteiger partial charge is 0.507 e. The van der Waals surface area contributed by atoms with Crippen molar-refractivity contribution in [2.75, 3.05) is 0 Å². The molecule has 5 heteroatoms. The average Bonchev–Trinajstić information content (AvgIpc) is 2.10. The van der Waals surface area contributed by atoms with Gasteiger partial charge in [-0.05, 0) is 30.9 Å². The Hall–Kier alpha value is -1.07. The van der Waals surface area contributed by atoms with Gasteiger partial charge in [0.1, 0.15) is 10.6 Å². The monoisotopic (exact) mass is 244 g/mol. The maximum absolute atomic E-state index is 11.1. The summed E-state index contributed by atoms with van der Waals surface area (Å²) in [6.45, 7) is 5.51. The van der Waals surface area contributed by atoms with Crippen molar-refractivity contribution in [1.82, 2.24) is 0 Å². The Kier molecular flexibility index (Phi) is 3.60. The van der Waals surface area contributed by atoms with Crippen molar-refractivity contribution in [2.45, 2.75) is 32.1 Å². The lowest BCUT2D eigenvalue weighted by atomic mass is 10.00. The highest BCUT2D eigenvalue weighted by Gasteiger charge is 2.20. The van der Waals surface area contributed by atoms with E-state index >= 15 is 0 Å². The Balaban J connectivity index is 3.45. The molecule has 0 aromatic heterocycles.